The van der Waals surface area contributed by atoms with Gasteiger partial charge in [-0.25, -0.2) is 0 Å². The normalized spacial score (nSPS) is 16.1. The zero-order valence-corrected chi connectivity index (χ0v) is 12.1. The fourth-order valence-electron chi connectivity index (χ4n) is 1.93. The third-order valence-corrected chi connectivity index (χ3v) is 2.89. The van der Waals surface area contributed by atoms with Crippen molar-refractivity contribution in [3.8, 4) is 0 Å². The van der Waals surface area contributed by atoms with Gasteiger partial charge in [-0.05, 0) is 25.3 Å². The number of hydrogen-bond acceptors (Lipinski definition) is 6. The topological polar surface area (TPSA) is 84.9 Å². The van der Waals surface area contributed by atoms with E-state index < -0.39 is 19.1 Å². The van der Waals surface area contributed by atoms with Crippen LogP contribution in [0.2, 0.25) is 0 Å². The summed E-state index contributed by atoms with van der Waals surface area (Å²) in [6.45, 7) is 3.36. The lowest BCUT2D eigenvalue weighted by atomic mass is 9.78. The number of amides is 1. The zero-order chi connectivity index (χ0) is 16.1. The molecule has 1 saturated heterocycles. The highest BCUT2D eigenvalue weighted by Crippen LogP contribution is 2.07. The van der Waals surface area contributed by atoms with E-state index in [-0.39, 0.29) is 19.0 Å². The molecule has 1 aliphatic rings. The van der Waals surface area contributed by atoms with Gasteiger partial charge in [-0.15, -0.1) is 0 Å². The molecule has 22 heavy (non-hydrogen) atoms. The summed E-state index contributed by atoms with van der Waals surface area (Å²) in [5, 5.41) is 2.58. The Morgan fingerprint density at radius 2 is 1.95 bits per heavy atom. The molecule has 0 aliphatic carbocycles. The van der Waals surface area contributed by atoms with Crippen molar-refractivity contribution in [3.63, 3.8) is 0 Å². The molecule has 1 aromatic carbocycles. The standard InChI is InChI=1S/C14H15BN2O5/c1-3-12(18)16-11-6-4-5-10(7-11)15-21-13(19)8-17(2)9-14(20)22-15/h3-7H,1,8-9H2,2H3,(H,16,18). The molecule has 0 atom stereocenters. The summed E-state index contributed by atoms with van der Waals surface area (Å²) < 4.78 is 10.3. The summed E-state index contributed by atoms with van der Waals surface area (Å²) in [7, 11) is 0.489. The summed E-state index contributed by atoms with van der Waals surface area (Å²) in [4.78, 5) is 36.2. The molecule has 8 heteroatoms. The third-order valence-electron chi connectivity index (χ3n) is 2.89. The monoisotopic (exact) mass is 302 g/mol. The molecule has 0 radical (unpaired) electrons. The zero-order valence-electron chi connectivity index (χ0n) is 12.1. The Balaban J connectivity index is 2.19. The second-order valence-corrected chi connectivity index (χ2v) is 4.80. The van der Waals surface area contributed by atoms with Crippen molar-refractivity contribution in [1.29, 1.82) is 0 Å². The number of nitrogens with zero attached hydrogens (tertiary/aromatic N) is 1. The molecule has 1 fully saturated rings. The fourth-order valence-corrected chi connectivity index (χ4v) is 1.93. The maximum Gasteiger partial charge on any atom is 0.636 e. The Bertz CT molecular complexity index is 599. The number of carbonyl (C=O) groups is 3. The SMILES string of the molecule is C=CC(=O)Nc1cccc(B2OC(=O)CN(C)CC(=O)O2)c1. The molecule has 0 aromatic heterocycles. The number of hydrogen-bond donors (Lipinski definition) is 1. The smallest absolute Gasteiger partial charge is 0.494 e. The number of rotatable bonds is 3. The van der Waals surface area contributed by atoms with Crippen LogP contribution in [0.1, 0.15) is 0 Å². The Labute approximate surface area is 128 Å². The minimum absolute atomic E-state index is 0.00150. The summed E-state index contributed by atoms with van der Waals surface area (Å²) >= 11 is 0. The van der Waals surface area contributed by atoms with Crippen molar-refractivity contribution in [2.24, 2.45) is 0 Å². The molecule has 1 amide bonds. The maximum atomic E-state index is 11.7. The molecule has 0 saturated carbocycles. The quantitative estimate of drug-likeness (QED) is 0.601. The molecule has 7 nitrogen and oxygen atoms in total. The van der Waals surface area contributed by atoms with Gasteiger partial charge in [0.1, 0.15) is 0 Å². The molecule has 2 rings (SSSR count). The van der Waals surface area contributed by atoms with E-state index in [1.54, 1.807) is 31.3 Å². The highest BCUT2D eigenvalue weighted by molar-refractivity contribution is 6.64. The first kappa shape index (κ1) is 15.8. The van der Waals surface area contributed by atoms with Gasteiger partial charge in [0, 0.05) is 11.2 Å². The first-order valence-electron chi connectivity index (χ1n) is 6.59. The predicted molar refractivity (Wildman–Crippen MR) is 80.3 cm³/mol. The lowest BCUT2D eigenvalue weighted by Gasteiger charge is -2.22. The van der Waals surface area contributed by atoms with Gasteiger partial charge >= 0.3 is 19.1 Å². The summed E-state index contributed by atoms with van der Waals surface area (Å²) in [6.07, 6.45) is 1.14. The van der Waals surface area contributed by atoms with Gasteiger partial charge in [-0.1, -0.05) is 18.7 Å². The van der Waals surface area contributed by atoms with Crippen molar-refractivity contribution < 1.29 is 23.7 Å². The number of likely N-dealkylation sites (N-methyl/N-ethyl adjacent to an activating group) is 1. The molecule has 0 spiro atoms. The van der Waals surface area contributed by atoms with E-state index in [0.717, 1.165) is 6.08 Å². The van der Waals surface area contributed by atoms with E-state index in [1.807, 2.05) is 0 Å². The van der Waals surface area contributed by atoms with Crippen LogP contribution < -0.4 is 10.8 Å². The average Bonchev–Trinajstić information content (AvgIpc) is 2.44. The Morgan fingerprint density at radius 1 is 1.32 bits per heavy atom. The largest absolute Gasteiger partial charge is 0.636 e. The van der Waals surface area contributed by atoms with Crippen LogP contribution in [-0.2, 0) is 23.7 Å². The average molecular weight is 302 g/mol. The summed E-state index contributed by atoms with van der Waals surface area (Å²) in [5.74, 6) is -1.37. The molecule has 1 N–H and O–H groups in total. The van der Waals surface area contributed by atoms with Gasteiger partial charge in [-0.3, -0.25) is 19.3 Å². The lowest BCUT2D eigenvalue weighted by Crippen LogP contribution is -2.47. The first-order chi connectivity index (χ1) is 10.5. The summed E-state index contributed by atoms with van der Waals surface area (Å²) in [6, 6.07) is 6.52. The van der Waals surface area contributed by atoms with Gasteiger partial charge < -0.3 is 14.6 Å². The van der Waals surface area contributed by atoms with Crippen LogP contribution in [-0.4, -0.2) is 50.0 Å². The lowest BCUT2D eigenvalue weighted by molar-refractivity contribution is -0.145. The minimum Gasteiger partial charge on any atom is -0.494 e. The molecule has 1 aromatic rings. The van der Waals surface area contributed by atoms with E-state index >= 15 is 0 Å². The van der Waals surface area contributed by atoms with Gasteiger partial charge in [0.25, 0.3) is 0 Å². The molecule has 0 unspecified atom stereocenters. The molecular formula is C14H15BN2O5. The second kappa shape index (κ2) is 6.90. The van der Waals surface area contributed by atoms with Crippen LogP contribution in [0, 0.1) is 0 Å². The molecular weight excluding hydrogens is 287 g/mol. The van der Waals surface area contributed by atoms with Crippen molar-refractivity contribution in [3.05, 3.63) is 36.9 Å². The van der Waals surface area contributed by atoms with Crippen LogP contribution in [0.5, 0.6) is 0 Å². The second-order valence-electron chi connectivity index (χ2n) is 4.80. The van der Waals surface area contributed by atoms with E-state index in [4.69, 9.17) is 9.31 Å². The molecule has 1 heterocycles. The molecule has 114 valence electrons. The van der Waals surface area contributed by atoms with E-state index in [9.17, 15) is 14.4 Å². The Morgan fingerprint density at radius 3 is 2.55 bits per heavy atom. The Kier molecular flexibility index (Phi) is 4.95. The van der Waals surface area contributed by atoms with Crippen molar-refractivity contribution in [2.45, 2.75) is 0 Å². The van der Waals surface area contributed by atoms with E-state index in [0.29, 0.717) is 11.2 Å². The first-order valence-corrected chi connectivity index (χ1v) is 6.59. The van der Waals surface area contributed by atoms with Crippen LogP contribution in [0.15, 0.2) is 36.9 Å². The van der Waals surface area contributed by atoms with Crippen molar-refractivity contribution in [2.75, 3.05) is 25.5 Å². The van der Waals surface area contributed by atoms with Gasteiger partial charge in [0.05, 0.1) is 13.1 Å². The van der Waals surface area contributed by atoms with E-state index in [1.165, 1.54) is 4.90 Å². The third kappa shape index (κ3) is 4.19. The van der Waals surface area contributed by atoms with Gasteiger partial charge in [0.15, 0.2) is 0 Å². The number of anilines is 1. The number of benzene rings is 1. The summed E-state index contributed by atoms with van der Waals surface area (Å²) in [5.41, 5.74) is 0.932. The molecule has 1 aliphatic heterocycles. The highest BCUT2D eigenvalue weighted by atomic mass is 16.6. The maximum absolute atomic E-state index is 11.7. The fraction of sp³-hybridized carbons (Fsp3) is 0.214. The predicted octanol–water partition coefficient (Wildman–Crippen LogP) is -0.462. The van der Waals surface area contributed by atoms with Gasteiger partial charge in [-0.2, -0.15) is 0 Å². The van der Waals surface area contributed by atoms with Gasteiger partial charge in [0.2, 0.25) is 5.91 Å². The van der Waals surface area contributed by atoms with Crippen LogP contribution in [0.3, 0.4) is 0 Å². The number of nitrogens with one attached hydrogen (secondary N) is 1. The molecule has 0 bridgehead atoms. The Hall–Kier alpha value is -2.61. The van der Waals surface area contributed by atoms with E-state index in [2.05, 4.69) is 11.9 Å². The minimum atomic E-state index is -1.13. The number of carbonyl (C=O) groups excluding carboxylic acids is 3. The van der Waals surface area contributed by atoms with Crippen molar-refractivity contribution >= 4 is 36.1 Å². The van der Waals surface area contributed by atoms with Crippen LogP contribution in [0.4, 0.5) is 5.69 Å². The van der Waals surface area contributed by atoms with Crippen LogP contribution in [0.25, 0.3) is 0 Å². The van der Waals surface area contributed by atoms with Crippen LogP contribution >= 0.6 is 0 Å². The highest BCUT2D eigenvalue weighted by Gasteiger charge is 2.33. The van der Waals surface area contributed by atoms with Crippen molar-refractivity contribution in [1.82, 2.24) is 4.90 Å².